The third-order valence-electron chi connectivity index (χ3n) is 11.7. The first-order valence-corrected chi connectivity index (χ1v) is 24.1. The van der Waals surface area contributed by atoms with Crippen LogP contribution in [0, 0.1) is 0 Å². The average Bonchev–Trinajstić information content (AvgIpc) is 3.97. The molecule has 27 heteroatoms. The lowest BCUT2D eigenvalue weighted by atomic mass is 9.95. The maximum absolute atomic E-state index is 10.2. The van der Waals surface area contributed by atoms with Crippen LogP contribution < -0.4 is 0 Å². The fourth-order valence-corrected chi connectivity index (χ4v) is 7.29. The van der Waals surface area contributed by atoms with E-state index in [1.807, 2.05) is 0 Å². The smallest absolute Gasteiger partial charge is 0.187 e. The van der Waals surface area contributed by atoms with Crippen LogP contribution in [0.2, 0.25) is 0 Å². The van der Waals surface area contributed by atoms with Crippen molar-refractivity contribution < 1.29 is 135 Å². The standard InChI is InChI=1S/C14H26O10.C6H14O6.C6H10O4.C6H14O3.C6H12O2.C6H14O2/c1-5-8(17)9(18)13(7(4-16)22-5)24-14-11(20)10(19)12(21-2)6(3-15)23-14;7-1-3(9)5(11)6(12)4(10)2-8;7-3-1-9-6-4(8)2-10-5(3)6;7-4-2-1-3-6(9)5-8;7-5-6-3-1-2-4-8-6;7-5-3-1-2-4-6-8/h5-20H,3-4H2,1-2H3;3-12H,1-2H2;3-8H,1-2H2;6-9H,1-5H2;6-7H,1-5H2;7-8H,1-6H2/t5-,6?,7?,8?,9?,10+,11?,12+,13+,14-;;;;;/m0...../s1. The highest BCUT2D eigenvalue weighted by atomic mass is 16.7. The molecule has 5 saturated heterocycles. The van der Waals surface area contributed by atoms with Gasteiger partial charge < -0.3 is 135 Å². The molecule has 5 fully saturated rings. The van der Waals surface area contributed by atoms with Crippen LogP contribution in [0.15, 0.2) is 0 Å². The second kappa shape index (κ2) is 41.1. The molecule has 0 bridgehead atoms. The zero-order valence-electron chi connectivity index (χ0n) is 40.9. The maximum Gasteiger partial charge on any atom is 0.187 e. The lowest BCUT2D eigenvalue weighted by Crippen LogP contribution is -2.64. The first-order valence-electron chi connectivity index (χ1n) is 24.1. The van der Waals surface area contributed by atoms with Gasteiger partial charge >= 0.3 is 0 Å². The van der Waals surface area contributed by atoms with Gasteiger partial charge in [0, 0.05) is 33.5 Å². The summed E-state index contributed by atoms with van der Waals surface area (Å²) in [4.78, 5) is 0. The van der Waals surface area contributed by atoms with Crippen molar-refractivity contribution in [1.29, 1.82) is 0 Å². The highest BCUT2D eigenvalue weighted by Crippen LogP contribution is 2.30. The number of hydrogen-bond donors (Lipinski definition) is 20. The normalized spacial score (nSPS) is 34.3. The molecule has 0 saturated carbocycles. The first-order chi connectivity index (χ1) is 33.8. The van der Waals surface area contributed by atoms with Gasteiger partial charge in [-0.1, -0.05) is 12.8 Å². The number of rotatable bonds is 21. The molecule has 5 aliphatic heterocycles. The van der Waals surface area contributed by atoms with Crippen LogP contribution in [-0.2, 0) is 33.2 Å². The lowest BCUT2D eigenvalue weighted by Gasteiger charge is -2.46. The summed E-state index contributed by atoms with van der Waals surface area (Å²) in [6, 6.07) is 0. The van der Waals surface area contributed by atoms with E-state index in [9.17, 15) is 30.6 Å². The SMILES string of the molecule is CO[C@@H]1C(CO)O[C@@H](O[C@@H]2C(CO)O[C@@H](C)C(O)C2O)C(O)[C@H]1O.OC1COC2C(O)COC12.OCC(O)C(O)C(O)C(O)CO.OCC1CCCCO1.OCCCCC(O)CO.OCCCCCCO. The van der Waals surface area contributed by atoms with Crippen LogP contribution in [0.25, 0.3) is 0 Å². The molecular formula is C44H90O27. The highest BCUT2D eigenvalue weighted by Gasteiger charge is 2.50. The second-order valence-electron chi connectivity index (χ2n) is 17.4. The number of aliphatic hydroxyl groups is 20. The summed E-state index contributed by atoms with van der Waals surface area (Å²) < 4.78 is 36.6. The molecule has 0 aromatic carbocycles. The van der Waals surface area contributed by atoms with Crippen molar-refractivity contribution in [2.75, 3.05) is 86.4 Å². The van der Waals surface area contributed by atoms with Gasteiger partial charge in [-0.3, -0.25) is 0 Å². The second-order valence-corrected chi connectivity index (χ2v) is 17.4. The number of aliphatic hydroxyl groups excluding tert-OH is 20. The van der Waals surface area contributed by atoms with E-state index in [0.29, 0.717) is 12.8 Å². The van der Waals surface area contributed by atoms with Crippen LogP contribution in [0.1, 0.15) is 71.1 Å². The summed E-state index contributed by atoms with van der Waals surface area (Å²) in [7, 11) is 1.30. The minimum absolute atomic E-state index is 0.142. The third-order valence-corrected chi connectivity index (χ3v) is 11.7. The molecule has 0 spiro atoms. The van der Waals surface area contributed by atoms with Crippen LogP contribution >= 0.6 is 0 Å². The van der Waals surface area contributed by atoms with E-state index in [-0.39, 0.29) is 64.6 Å². The number of hydrogen-bond acceptors (Lipinski definition) is 27. The first kappa shape index (κ1) is 69.9. The summed E-state index contributed by atoms with van der Waals surface area (Å²) in [5.74, 6) is 0. The predicted octanol–water partition coefficient (Wildman–Crippen LogP) is -8.17. The minimum atomic E-state index is -1.67. The molecule has 71 heavy (non-hydrogen) atoms. The zero-order chi connectivity index (χ0) is 54.1. The van der Waals surface area contributed by atoms with Gasteiger partial charge in [-0.25, -0.2) is 0 Å². The van der Waals surface area contributed by atoms with Crippen LogP contribution in [-0.4, -0.2) is 311 Å². The number of methoxy groups -OCH3 is 1. The molecule has 0 aromatic rings. The van der Waals surface area contributed by atoms with E-state index in [4.69, 9.17) is 105 Å². The highest BCUT2D eigenvalue weighted by molar-refractivity contribution is 4.96. The van der Waals surface area contributed by atoms with Gasteiger partial charge in [-0.2, -0.15) is 0 Å². The Morgan fingerprint density at radius 3 is 1.39 bits per heavy atom. The van der Waals surface area contributed by atoms with Gasteiger partial charge in [0.25, 0.3) is 0 Å². The van der Waals surface area contributed by atoms with E-state index in [1.54, 1.807) is 0 Å². The largest absolute Gasteiger partial charge is 0.396 e. The molecule has 15 unspecified atom stereocenters. The summed E-state index contributed by atoms with van der Waals surface area (Å²) in [6.07, 6.45) is -11.0. The molecule has 5 heterocycles. The van der Waals surface area contributed by atoms with Gasteiger partial charge in [0.1, 0.15) is 97.7 Å². The van der Waals surface area contributed by atoms with E-state index in [0.717, 1.165) is 51.6 Å². The molecule has 0 amide bonds. The van der Waals surface area contributed by atoms with Gasteiger partial charge in [-0.05, 0) is 58.3 Å². The molecular weight excluding hydrogens is 960 g/mol. The summed E-state index contributed by atoms with van der Waals surface area (Å²) in [5, 5.41) is 180. The van der Waals surface area contributed by atoms with Gasteiger partial charge in [0.15, 0.2) is 6.29 Å². The molecule has 0 aromatic heterocycles. The lowest BCUT2D eigenvalue weighted by molar-refractivity contribution is -0.343. The molecule has 20 N–H and O–H groups in total. The zero-order valence-corrected chi connectivity index (χ0v) is 40.9. The molecule has 428 valence electrons. The van der Waals surface area contributed by atoms with Crippen molar-refractivity contribution in [3.63, 3.8) is 0 Å². The Morgan fingerprint density at radius 1 is 0.521 bits per heavy atom. The Balaban J connectivity index is 0.000000886. The van der Waals surface area contributed by atoms with E-state index >= 15 is 0 Å². The monoisotopic (exact) mass is 1050 g/mol. The van der Waals surface area contributed by atoms with Crippen molar-refractivity contribution in [3.8, 4) is 0 Å². The molecule has 27 nitrogen and oxygen atoms in total. The van der Waals surface area contributed by atoms with Crippen molar-refractivity contribution in [2.24, 2.45) is 0 Å². The Hall–Kier alpha value is -1.08. The summed E-state index contributed by atoms with van der Waals surface area (Å²) in [5.41, 5.74) is 0. The molecule has 0 radical (unpaired) electrons. The van der Waals surface area contributed by atoms with E-state index < -0.39 is 130 Å². The quantitative estimate of drug-likeness (QED) is 0.0475. The Bertz CT molecular complexity index is 1170. The Morgan fingerprint density at radius 2 is 1.00 bits per heavy atom. The minimum Gasteiger partial charge on any atom is -0.396 e. The maximum atomic E-state index is 10.2. The van der Waals surface area contributed by atoms with Crippen LogP contribution in [0.5, 0.6) is 0 Å². The predicted molar refractivity (Wildman–Crippen MR) is 244 cm³/mol. The number of ether oxygens (including phenoxy) is 7. The van der Waals surface area contributed by atoms with E-state index in [2.05, 4.69) is 0 Å². The molecule has 0 aliphatic carbocycles. The Labute approximate surface area is 414 Å². The Kier molecular flexibility index (Phi) is 40.5. The van der Waals surface area contributed by atoms with Crippen molar-refractivity contribution in [2.45, 2.75) is 193 Å². The van der Waals surface area contributed by atoms with Gasteiger partial charge in [0.2, 0.25) is 0 Å². The summed E-state index contributed by atoms with van der Waals surface area (Å²) in [6.45, 7) is 1.26. The fraction of sp³-hybridized carbons (Fsp3) is 1.00. The summed E-state index contributed by atoms with van der Waals surface area (Å²) >= 11 is 0. The van der Waals surface area contributed by atoms with Crippen LogP contribution in [0.3, 0.4) is 0 Å². The van der Waals surface area contributed by atoms with Crippen molar-refractivity contribution in [1.82, 2.24) is 0 Å². The van der Waals surface area contributed by atoms with Crippen LogP contribution in [0.4, 0.5) is 0 Å². The van der Waals surface area contributed by atoms with Crippen molar-refractivity contribution >= 4 is 0 Å². The van der Waals surface area contributed by atoms with Gasteiger partial charge in [-0.15, -0.1) is 0 Å². The molecule has 5 rings (SSSR count). The average molecular weight is 1050 g/mol. The number of fused-ring (bicyclic) bond motifs is 1. The fourth-order valence-electron chi connectivity index (χ4n) is 7.29. The van der Waals surface area contributed by atoms with Gasteiger partial charge in [0.05, 0.1) is 71.2 Å². The van der Waals surface area contributed by atoms with Crippen molar-refractivity contribution in [3.05, 3.63) is 0 Å². The third kappa shape index (κ3) is 26.0. The molecule has 5 aliphatic rings. The number of unbranched alkanes of at least 4 members (excludes halogenated alkanes) is 4. The molecule has 20 atom stereocenters. The topological polar surface area (TPSA) is 469 Å². The van der Waals surface area contributed by atoms with E-state index in [1.165, 1.54) is 20.5 Å².